The molecule has 1 aliphatic heterocycles. The van der Waals surface area contributed by atoms with E-state index in [4.69, 9.17) is 9.47 Å². The minimum absolute atomic E-state index is 0.804. The summed E-state index contributed by atoms with van der Waals surface area (Å²) in [6.45, 7) is 7.33. The summed E-state index contributed by atoms with van der Waals surface area (Å²) in [7, 11) is 3.34. The third-order valence-electron chi connectivity index (χ3n) is 4.82. The standard InChI is InChI=1S/C21H27N3O2/c1-17-4-6-18(7-5-17)16-23-10-12-24(13-11-23)22-15-19-14-20(25-2)8-9-21(19)26-3/h4-9,14-15H,10-13,16H2,1-3H3/p+1. The van der Waals surface area contributed by atoms with Crippen LogP contribution < -0.4 is 14.4 Å². The van der Waals surface area contributed by atoms with Crippen LogP contribution in [0.3, 0.4) is 0 Å². The molecule has 1 aliphatic rings. The van der Waals surface area contributed by atoms with Crippen molar-refractivity contribution >= 4 is 6.21 Å². The van der Waals surface area contributed by atoms with Crippen molar-refractivity contribution in [2.24, 2.45) is 5.10 Å². The van der Waals surface area contributed by atoms with Crippen molar-refractivity contribution in [3.8, 4) is 11.5 Å². The number of benzene rings is 2. The molecular weight excluding hydrogens is 326 g/mol. The Morgan fingerprint density at radius 3 is 2.42 bits per heavy atom. The van der Waals surface area contributed by atoms with Gasteiger partial charge in [-0.2, -0.15) is 5.10 Å². The van der Waals surface area contributed by atoms with Gasteiger partial charge in [0.1, 0.15) is 18.0 Å². The molecule has 0 atom stereocenters. The van der Waals surface area contributed by atoms with Gasteiger partial charge in [-0.1, -0.05) is 29.8 Å². The second-order valence-electron chi connectivity index (χ2n) is 6.72. The number of hydrogen-bond donors (Lipinski definition) is 1. The fourth-order valence-electron chi connectivity index (χ4n) is 3.18. The maximum Gasteiger partial charge on any atom is 0.127 e. The number of ether oxygens (including phenoxy) is 2. The van der Waals surface area contributed by atoms with Gasteiger partial charge in [0.2, 0.25) is 0 Å². The fourth-order valence-corrected chi connectivity index (χ4v) is 3.18. The molecule has 0 unspecified atom stereocenters. The quantitative estimate of drug-likeness (QED) is 0.804. The van der Waals surface area contributed by atoms with Gasteiger partial charge in [0, 0.05) is 11.1 Å². The SMILES string of the molecule is COc1ccc(OC)c(C=NN2CC[NH+](Cc3ccc(C)cc3)CC2)c1. The highest BCUT2D eigenvalue weighted by Gasteiger charge is 2.18. The largest absolute Gasteiger partial charge is 0.497 e. The van der Waals surface area contributed by atoms with Crippen LogP contribution in [0.15, 0.2) is 47.6 Å². The summed E-state index contributed by atoms with van der Waals surface area (Å²) in [6.07, 6.45) is 1.87. The molecule has 0 spiro atoms. The lowest BCUT2D eigenvalue weighted by atomic mass is 10.1. The first kappa shape index (κ1) is 18.3. The summed E-state index contributed by atoms with van der Waals surface area (Å²) in [5.41, 5.74) is 3.65. The topological polar surface area (TPSA) is 38.5 Å². The molecule has 0 bridgehead atoms. The molecule has 1 N–H and O–H groups in total. The summed E-state index contributed by atoms with van der Waals surface area (Å²) in [6, 6.07) is 14.6. The van der Waals surface area contributed by atoms with Gasteiger partial charge in [-0.15, -0.1) is 0 Å². The third kappa shape index (κ3) is 4.76. The molecule has 1 fully saturated rings. The van der Waals surface area contributed by atoms with Gasteiger partial charge in [0.05, 0.1) is 46.6 Å². The number of nitrogens with one attached hydrogen (secondary N) is 1. The van der Waals surface area contributed by atoms with E-state index in [-0.39, 0.29) is 0 Å². The molecule has 2 aromatic rings. The molecule has 0 aromatic heterocycles. The molecule has 0 aliphatic carbocycles. The van der Waals surface area contributed by atoms with E-state index in [1.807, 2.05) is 24.4 Å². The third-order valence-corrected chi connectivity index (χ3v) is 4.82. The van der Waals surface area contributed by atoms with E-state index in [0.717, 1.165) is 49.8 Å². The number of hydrazone groups is 1. The van der Waals surface area contributed by atoms with Crippen LogP contribution in [0.2, 0.25) is 0 Å². The minimum atomic E-state index is 0.804. The van der Waals surface area contributed by atoms with Crippen molar-refractivity contribution < 1.29 is 14.4 Å². The van der Waals surface area contributed by atoms with Gasteiger partial charge < -0.3 is 14.4 Å². The van der Waals surface area contributed by atoms with Gasteiger partial charge in [0.15, 0.2) is 0 Å². The molecule has 0 amide bonds. The Morgan fingerprint density at radius 1 is 1.04 bits per heavy atom. The lowest BCUT2D eigenvalue weighted by molar-refractivity contribution is -0.918. The van der Waals surface area contributed by atoms with Crippen LogP contribution in [0.4, 0.5) is 0 Å². The van der Waals surface area contributed by atoms with Gasteiger partial charge >= 0.3 is 0 Å². The maximum absolute atomic E-state index is 5.41. The number of quaternary nitrogens is 1. The highest BCUT2D eigenvalue weighted by Crippen LogP contribution is 2.22. The Morgan fingerprint density at radius 2 is 1.77 bits per heavy atom. The van der Waals surface area contributed by atoms with Crippen molar-refractivity contribution in [1.29, 1.82) is 0 Å². The molecule has 26 heavy (non-hydrogen) atoms. The van der Waals surface area contributed by atoms with Gasteiger partial charge in [-0.3, -0.25) is 5.01 Å². The highest BCUT2D eigenvalue weighted by atomic mass is 16.5. The van der Waals surface area contributed by atoms with Crippen LogP contribution >= 0.6 is 0 Å². The number of methoxy groups -OCH3 is 2. The Labute approximate surface area is 155 Å². The molecule has 1 heterocycles. The average Bonchev–Trinajstić information content (AvgIpc) is 2.69. The van der Waals surface area contributed by atoms with E-state index >= 15 is 0 Å². The summed E-state index contributed by atoms with van der Waals surface area (Å²) < 4.78 is 10.7. The molecule has 5 nitrogen and oxygen atoms in total. The molecular formula is C21H28N3O2+. The number of aryl methyl sites for hydroxylation is 1. The number of piperazine rings is 1. The van der Waals surface area contributed by atoms with Crippen LogP contribution in [-0.2, 0) is 6.54 Å². The van der Waals surface area contributed by atoms with E-state index in [0.29, 0.717) is 0 Å². The zero-order valence-corrected chi connectivity index (χ0v) is 15.9. The van der Waals surface area contributed by atoms with Crippen molar-refractivity contribution in [2.75, 3.05) is 40.4 Å². The van der Waals surface area contributed by atoms with Gasteiger partial charge in [-0.05, 0) is 25.1 Å². The Bertz CT molecular complexity index is 735. The van der Waals surface area contributed by atoms with Gasteiger partial charge in [0.25, 0.3) is 0 Å². The Kier molecular flexibility index (Phi) is 6.12. The van der Waals surface area contributed by atoms with E-state index in [1.54, 1.807) is 19.1 Å². The highest BCUT2D eigenvalue weighted by molar-refractivity contribution is 5.84. The van der Waals surface area contributed by atoms with Crippen LogP contribution in [-0.4, -0.2) is 51.6 Å². The predicted octanol–water partition coefficient (Wildman–Crippen LogP) is 1.75. The molecule has 138 valence electrons. The van der Waals surface area contributed by atoms with E-state index in [9.17, 15) is 0 Å². The number of rotatable bonds is 6. The summed E-state index contributed by atoms with van der Waals surface area (Å²) >= 11 is 0. The molecule has 5 heteroatoms. The normalized spacial score (nSPS) is 15.4. The second-order valence-corrected chi connectivity index (χ2v) is 6.72. The van der Waals surface area contributed by atoms with Crippen molar-refractivity contribution in [1.82, 2.24) is 5.01 Å². The lowest BCUT2D eigenvalue weighted by Gasteiger charge is -2.30. The van der Waals surface area contributed by atoms with Crippen LogP contribution in [0, 0.1) is 6.92 Å². The van der Waals surface area contributed by atoms with Gasteiger partial charge in [-0.25, -0.2) is 0 Å². The summed E-state index contributed by atoms with van der Waals surface area (Å²) in [4.78, 5) is 1.61. The molecule has 2 aromatic carbocycles. The molecule has 3 rings (SSSR count). The number of hydrogen-bond acceptors (Lipinski definition) is 4. The first-order valence-corrected chi connectivity index (χ1v) is 9.08. The zero-order chi connectivity index (χ0) is 18.4. The van der Waals surface area contributed by atoms with Crippen LogP contribution in [0.5, 0.6) is 11.5 Å². The summed E-state index contributed by atoms with van der Waals surface area (Å²) in [5.74, 6) is 1.61. The molecule has 0 radical (unpaired) electrons. The van der Waals surface area contributed by atoms with Crippen molar-refractivity contribution in [3.05, 3.63) is 59.2 Å². The average molecular weight is 354 g/mol. The summed E-state index contributed by atoms with van der Waals surface area (Å²) in [5, 5.41) is 6.79. The second kappa shape index (κ2) is 8.72. The number of nitrogens with zero attached hydrogens (tertiary/aromatic N) is 2. The Balaban J connectivity index is 1.55. The molecule has 1 saturated heterocycles. The van der Waals surface area contributed by atoms with E-state index < -0.39 is 0 Å². The fraction of sp³-hybridized carbons (Fsp3) is 0.381. The van der Waals surface area contributed by atoms with Crippen LogP contribution in [0.25, 0.3) is 0 Å². The molecule has 0 saturated carbocycles. The van der Waals surface area contributed by atoms with E-state index in [2.05, 4.69) is 41.3 Å². The van der Waals surface area contributed by atoms with E-state index in [1.165, 1.54) is 11.1 Å². The first-order valence-electron chi connectivity index (χ1n) is 9.08. The monoisotopic (exact) mass is 354 g/mol. The first-order chi connectivity index (χ1) is 12.7. The smallest absolute Gasteiger partial charge is 0.127 e. The minimum Gasteiger partial charge on any atom is -0.497 e. The van der Waals surface area contributed by atoms with Crippen molar-refractivity contribution in [3.63, 3.8) is 0 Å². The van der Waals surface area contributed by atoms with Crippen molar-refractivity contribution in [2.45, 2.75) is 13.5 Å². The zero-order valence-electron chi connectivity index (χ0n) is 15.9. The van der Waals surface area contributed by atoms with Crippen LogP contribution in [0.1, 0.15) is 16.7 Å². The Hall–Kier alpha value is -2.53. The lowest BCUT2D eigenvalue weighted by Crippen LogP contribution is -3.13. The predicted molar refractivity (Wildman–Crippen MR) is 104 cm³/mol. The maximum atomic E-state index is 5.41.